The van der Waals surface area contributed by atoms with E-state index >= 15 is 0 Å². The standard InChI is InChI=1S/C10H14N2S2/c11-10(8-13)12-6-7-14-9-4-2-1-3-5-9/h1-5,13H,6-8H2,(H2,11,12). The first-order valence-corrected chi connectivity index (χ1v) is 6.02. The molecule has 0 saturated carbocycles. The van der Waals surface area contributed by atoms with Crippen molar-refractivity contribution in [3.63, 3.8) is 0 Å². The minimum Gasteiger partial charge on any atom is -0.387 e. The lowest BCUT2D eigenvalue weighted by Crippen LogP contribution is -2.14. The highest BCUT2D eigenvalue weighted by Gasteiger charge is 1.91. The van der Waals surface area contributed by atoms with Gasteiger partial charge in [0.05, 0.1) is 6.54 Å². The van der Waals surface area contributed by atoms with Crippen molar-refractivity contribution >= 4 is 30.2 Å². The molecule has 14 heavy (non-hydrogen) atoms. The molecule has 0 unspecified atom stereocenters. The van der Waals surface area contributed by atoms with Crippen LogP contribution in [0.4, 0.5) is 0 Å². The summed E-state index contributed by atoms with van der Waals surface area (Å²) in [7, 11) is 0. The summed E-state index contributed by atoms with van der Waals surface area (Å²) in [4.78, 5) is 5.43. The fourth-order valence-electron chi connectivity index (χ4n) is 0.919. The van der Waals surface area contributed by atoms with E-state index in [0.717, 1.165) is 12.3 Å². The van der Waals surface area contributed by atoms with Gasteiger partial charge in [-0.2, -0.15) is 12.6 Å². The van der Waals surface area contributed by atoms with Crippen LogP contribution in [0, 0.1) is 0 Å². The van der Waals surface area contributed by atoms with Gasteiger partial charge >= 0.3 is 0 Å². The van der Waals surface area contributed by atoms with Gasteiger partial charge in [0.25, 0.3) is 0 Å². The largest absolute Gasteiger partial charge is 0.387 e. The summed E-state index contributed by atoms with van der Waals surface area (Å²) in [5.74, 6) is 2.11. The zero-order valence-electron chi connectivity index (χ0n) is 7.89. The summed E-state index contributed by atoms with van der Waals surface area (Å²) in [5, 5.41) is 0. The van der Waals surface area contributed by atoms with Crippen LogP contribution in [0.25, 0.3) is 0 Å². The number of aliphatic imine (C=N–C) groups is 1. The van der Waals surface area contributed by atoms with Gasteiger partial charge in [0.15, 0.2) is 0 Å². The van der Waals surface area contributed by atoms with Crippen molar-refractivity contribution < 1.29 is 0 Å². The first-order valence-electron chi connectivity index (χ1n) is 4.40. The molecule has 0 radical (unpaired) electrons. The number of benzene rings is 1. The zero-order chi connectivity index (χ0) is 10.2. The molecule has 0 aliphatic heterocycles. The smallest absolute Gasteiger partial charge is 0.103 e. The van der Waals surface area contributed by atoms with Gasteiger partial charge in [-0.05, 0) is 12.1 Å². The molecule has 4 heteroatoms. The van der Waals surface area contributed by atoms with Gasteiger partial charge in [-0.1, -0.05) is 18.2 Å². The highest BCUT2D eigenvalue weighted by molar-refractivity contribution is 7.99. The van der Waals surface area contributed by atoms with Crippen LogP contribution in [0.3, 0.4) is 0 Å². The van der Waals surface area contributed by atoms with Crippen LogP contribution in [0.15, 0.2) is 40.2 Å². The van der Waals surface area contributed by atoms with E-state index in [1.54, 1.807) is 11.8 Å². The van der Waals surface area contributed by atoms with Crippen molar-refractivity contribution in [3.8, 4) is 0 Å². The summed E-state index contributed by atoms with van der Waals surface area (Å²) in [6, 6.07) is 10.3. The summed E-state index contributed by atoms with van der Waals surface area (Å²) in [6.45, 7) is 0.756. The van der Waals surface area contributed by atoms with Gasteiger partial charge in [-0.15, -0.1) is 11.8 Å². The normalized spacial score (nSPS) is 11.6. The molecule has 0 aliphatic carbocycles. The van der Waals surface area contributed by atoms with Crippen LogP contribution in [0.2, 0.25) is 0 Å². The Morgan fingerprint density at radius 3 is 2.71 bits per heavy atom. The maximum absolute atomic E-state index is 5.52. The average molecular weight is 226 g/mol. The fourth-order valence-corrected chi connectivity index (χ4v) is 1.79. The Hall–Kier alpha value is -0.610. The van der Waals surface area contributed by atoms with Crippen molar-refractivity contribution in [1.29, 1.82) is 0 Å². The number of nitrogens with zero attached hydrogens (tertiary/aromatic N) is 1. The Morgan fingerprint density at radius 2 is 2.07 bits per heavy atom. The van der Waals surface area contributed by atoms with E-state index in [4.69, 9.17) is 5.73 Å². The quantitative estimate of drug-likeness (QED) is 0.265. The van der Waals surface area contributed by atoms with Gasteiger partial charge in [0, 0.05) is 16.4 Å². The van der Waals surface area contributed by atoms with Crippen LogP contribution < -0.4 is 5.73 Å². The molecular weight excluding hydrogens is 212 g/mol. The topological polar surface area (TPSA) is 38.4 Å². The Balaban J connectivity index is 2.23. The van der Waals surface area contributed by atoms with E-state index in [1.165, 1.54) is 4.90 Å². The van der Waals surface area contributed by atoms with Crippen LogP contribution in [0.5, 0.6) is 0 Å². The predicted molar refractivity (Wildman–Crippen MR) is 67.5 cm³/mol. The van der Waals surface area contributed by atoms with Crippen molar-refractivity contribution in [1.82, 2.24) is 0 Å². The zero-order valence-corrected chi connectivity index (χ0v) is 9.60. The first kappa shape index (κ1) is 11.5. The third-order valence-electron chi connectivity index (χ3n) is 1.58. The second-order valence-electron chi connectivity index (χ2n) is 2.69. The van der Waals surface area contributed by atoms with Crippen LogP contribution in [0.1, 0.15) is 0 Å². The van der Waals surface area contributed by atoms with E-state index in [0.29, 0.717) is 11.6 Å². The van der Waals surface area contributed by atoms with Crippen LogP contribution >= 0.6 is 24.4 Å². The van der Waals surface area contributed by atoms with Crippen molar-refractivity contribution in [2.24, 2.45) is 10.7 Å². The minimum atomic E-state index is 0.538. The SMILES string of the molecule is NC(CS)=NCCSc1ccccc1. The molecule has 0 aromatic heterocycles. The number of hydrogen-bond acceptors (Lipinski definition) is 3. The van der Waals surface area contributed by atoms with Crippen LogP contribution in [-0.2, 0) is 0 Å². The number of hydrogen-bond donors (Lipinski definition) is 2. The van der Waals surface area contributed by atoms with Crippen LogP contribution in [-0.4, -0.2) is 23.9 Å². The third-order valence-corrected chi connectivity index (χ3v) is 2.90. The summed E-state index contributed by atoms with van der Waals surface area (Å²) < 4.78 is 0. The van der Waals surface area contributed by atoms with Crippen molar-refractivity contribution in [2.45, 2.75) is 4.90 Å². The maximum atomic E-state index is 5.52. The lowest BCUT2D eigenvalue weighted by molar-refractivity contribution is 1.13. The second-order valence-corrected chi connectivity index (χ2v) is 4.18. The lowest BCUT2D eigenvalue weighted by Gasteiger charge is -1.99. The molecule has 0 saturated heterocycles. The molecule has 0 fully saturated rings. The molecule has 2 nitrogen and oxygen atoms in total. The number of rotatable bonds is 5. The first-order chi connectivity index (χ1) is 6.83. The van der Waals surface area contributed by atoms with Gasteiger partial charge in [0.2, 0.25) is 0 Å². The second kappa shape index (κ2) is 6.79. The molecule has 0 amide bonds. The summed E-state index contributed by atoms with van der Waals surface area (Å²) in [5.41, 5.74) is 5.52. The number of amidine groups is 1. The van der Waals surface area contributed by atoms with E-state index in [1.807, 2.05) is 18.2 Å². The van der Waals surface area contributed by atoms with E-state index in [-0.39, 0.29) is 0 Å². The Morgan fingerprint density at radius 1 is 1.36 bits per heavy atom. The Kier molecular flexibility index (Phi) is 5.56. The minimum absolute atomic E-state index is 0.538. The molecule has 1 aromatic carbocycles. The van der Waals surface area contributed by atoms with E-state index in [9.17, 15) is 0 Å². The van der Waals surface area contributed by atoms with Gasteiger partial charge in [-0.25, -0.2) is 0 Å². The molecule has 0 spiro atoms. The molecule has 1 rings (SSSR count). The van der Waals surface area contributed by atoms with Gasteiger partial charge < -0.3 is 5.73 Å². The summed E-state index contributed by atoms with van der Waals surface area (Å²) in [6.07, 6.45) is 0. The Labute approximate surface area is 94.4 Å². The summed E-state index contributed by atoms with van der Waals surface area (Å²) >= 11 is 5.81. The number of thioether (sulfide) groups is 1. The maximum Gasteiger partial charge on any atom is 0.103 e. The molecule has 1 aromatic rings. The molecular formula is C10H14N2S2. The van der Waals surface area contributed by atoms with Crippen molar-refractivity contribution in [3.05, 3.63) is 30.3 Å². The highest BCUT2D eigenvalue weighted by Crippen LogP contribution is 2.16. The lowest BCUT2D eigenvalue weighted by atomic mass is 10.4. The number of nitrogens with two attached hydrogens (primary N) is 1. The number of thiol groups is 1. The molecule has 0 bridgehead atoms. The van der Waals surface area contributed by atoms with Gasteiger partial charge in [0.1, 0.15) is 5.84 Å². The fraction of sp³-hybridized carbons (Fsp3) is 0.300. The third kappa shape index (κ3) is 4.58. The average Bonchev–Trinajstić information content (AvgIpc) is 2.25. The molecule has 2 N–H and O–H groups in total. The predicted octanol–water partition coefficient (Wildman–Crippen LogP) is 2.07. The van der Waals surface area contributed by atoms with E-state index in [2.05, 4.69) is 29.8 Å². The molecule has 0 atom stereocenters. The monoisotopic (exact) mass is 226 g/mol. The van der Waals surface area contributed by atoms with Gasteiger partial charge in [-0.3, -0.25) is 4.99 Å². The Bertz CT molecular complexity index is 285. The van der Waals surface area contributed by atoms with Crippen molar-refractivity contribution in [2.75, 3.05) is 18.1 Å². The highest BCUT2D eigenvalue weighted by atomic mass is 32.2. The molecule has 0 aliphatic rings. The molecule has 76 valence electrons. The molecule has 0 heterocycles. The van der Waals surface area contributed by atoms with E-state index < -0.39 is 0 Å².